The van der Waals surface area contributed by atoms with Crippen LogP contribution in [0.4, 0.5) is 23.4 Å². The summed E-state index contributed by atoms with van der Waals surface area (Å²) in [6.45, 7) is 0.195. The lowest BCUT2D eigenvalue weighted by Crippen LogP contribution is -2.09. The van der Waals surface area contributed by atoms with Gasteiger partial charge in [0, 0.05) is 31.9 Å². The number of fused-ring (bicyclic) bond motifs is 1. The summed E-state index contributed by atoms with van der Waals surface area (Å²) in [6.07, 6.45) is 1.50. The molecule has 0 amide bonds. The zero-order valence-electron chi connectivity index (χ0n) is 20.9. The highest BCUT2D eigenvalue weighted by atomic mass is 19.4. The van der Waals surface area contributed by atoms with E-state index in [-0.39, 0.29) is 17.9 Å². The lowest BCUT2D eigenvalue weighted by molar-refractivity contribution is -0.140. The van der Waals surface area contributed by atoms with E-state index in [0.29, 0.717) is 40.1 Å². The van der Waals surface area contributed by atoms with Crippen molar-refractivity contribution in [2.75, 3.05) is 12.4 Å². The lowest BCUT2D eigenvalue weighted by Gasteiger charge is -2.14. The minimum Gasteiger partial charge on any atom is -0.480 e. The zero-order chi connectivity index (χ0) is 27.3. The van der Waals surface area contributed by atoms with Crippen molar-refractivity contribution < 1.29 is 22.3 Å². The van der Waals surface area contributed by atoms with Gasteiger partial charge < -0.3 is 14.6 Å². The zero-order valence-corrected chi connectivity index (χ0v) is 20.9. The molecular formula is C26H22F4N8O. The van der Waals surface area contributed by atoms with E-state index in [1.807, 2.05) is 12.1 Å². The minimum absolute atomic E-state index is 0.0289. The number of nitrogens with zero attached hydrogens (tertiary/aromatic N) is 7. The number of aryl methyl sites for hydroxylation is 1. The van der Waals surface area contributed by atoms with Crippen LogP contribution in [-0.4, -0.2) is 41.2 Å². The molecule has 0 unspecified atom stereocenters. The Morgan fingerprint density at radius 2 is 1.95 bits per heavy atom. The van der Waals surface area contributed by atoms with Crippen LogP contribution in [0.3, 0.4) is 0 Å². The predicted molar refractivity (Wildman–Crippen MR) is 133 cm³/mol. The summed E-state index contributed by atoms with van der Waals surface area (Å²) in [6, 6.07) is 7.98. The van der Waals surface area contributed by atoms with Crippen molar-refractivity contribution in [3.05, 3.63) is 71.8 Å². The molecule has 1 aromatic carbocycles. The van der Waals surface area contributed by atoms with E-state index in [4.69, 9.17) is 9.72 Å². The first-order valence-electron chi connectivity index (χ1n) is 12.1. The van der Waals surface area contributed by atoms with Gasteiger partial charge in [-0.3, -0.25) is 0 Å². The third-order valence-electron chi connectivity index (χ3n) is 6.51. The monoisotopic (exact) mass is 538 g/mol. The molecule has 6 rings (SSSR count). The van der Waals surface area contributed by atoms with Gasteiger partial charge in [-0.05, 0) is 42.7 Å². The first-order chi connectivity index (χ1) is 18.7. The summed E-state index contributed by atoms with van der Waals surface area (Å²) in [5.74, 6) is 0.765. The Labute approximate surface area is 219 Å². The number of methoxy groups -OCH3 is 1. The topological polar surface area (TPSA) is 95.0 Å². The van der Waals surface area contributed by atoms with Crippen LogP contribution in [0, 0.1) is 5.82 Å². The van der Waals surface area contributed by atoms with Crippen molar-refractivity contribution in [3.63, 3.8) is 0 Å². The summed E-state index contributed by atoms with van der Waals surface area (Å²) in [7, 11) is 2.92. The van der Waals surface area contributed by atoms with Gasteiger partial charge >= 0.3 is 6.18 Å². The largest absolute Gasteiger partial charge is 0.480 e. The Balaban J connectivity index is 1.31. The van der Waals surface area contributed by atoms with Gasteiger partial charge in [0.1, 0.15) is 29.0 Å². The molecule has 0 atom stereocenters. The fourth-order valence-electron chi connectivity index (χ4n) is 4.47. The highest BCUT2D eigenvalue weighted by Crippen LogP contribution is 2.45. The molecule has 0 aliphatic heterocycles. The molecule has 1 N–H and O–H groups in total. The fraction of sp³-hybridized carbons (Fsp3) is 0.269. The van der Waals surface area contributed by atoms with Crippen LogP contribution in [0.5, 0.6) is 5.88 Å². The maximum Gasteiger partial charge on any atom is 0.434 e. The predicted octanol–water partition coefficient (Wildman–Crippen LogP) is 5.24. The minimum atomic E-state index is -4.62. The van der Waals surface area contributed by atoms with E-state index in [9.17, 15) is 13.2 Å². The summed E-state index contributed by atoms with van der Waals surface area (Å²) in [5, 5.41) is 7.88. The number of aromatic nitrogens is 7. The van der Waals surface area contributed by atoms with Gasteiger partial charge in [0.2, 0.25) is 5.88 Å². The average Bonchev–Trinajstić information content (AvgIpc) is 3.51. The van der Waals surface area contributed by atoms with Crippen molar-refractivity contribution in [1.29, 1.82) is 0 Å². The molecule has 5 aromatic rings. The number of ether oxygens (including phenoxy) is 1. The van der Waals surface area contributed by atoms with Gasteiger partial charge in [0.25, 0.3) is 0 Å². The lowest BCUT2D eigenvalue weighted by atomic mass is 10.1. The van der Waals surface area contributed by atoms with Crippen LogP contribution in [0.2, 0.25) is 0 Å². The fourth-order valence-corrected chi connectivity index (χ4v) is 4.47. The maximum absolute atomic E-state index is 15.0. The number of anilines is 1. The smallest absolute Gasteiger partial charge is 0.434 e. The van der Waals surface area contributed by atoms with Crippen molar-refractivity contribution >= 4 is 11.3 Å². The van der Waals surface area contributed by atoms with Gasteiger partial charge in [0.15, 0.2) is 17.3 Å². The third-order valence-corrected chi connectivity index (χ3v) is 6.51. The van der Waals surface area contributed by atoms with Gasteiger partial charge in [0.05, 0.1) is 18.4 Å². The molecule has 13 heteroatoms. The quantitative estimate of drug-likeness (QED) is 0.283. The second-order valence-corrected chi connectivity index (χ2v) is 9.27. The van der Waals surface area contributed by atoms with Gasteiger partial charge in [-0.25, -0.2) is 28.8 Å². The van der Waals surface area contributed by atoms with E-state index >= 15 is 4.39 Å². The maximum atomic E-state index is 15.0. The average molecular weight is 539 g/mol. The first-order valence-corrected chi connectivity index (χ1v) is 12.1. The van der Waals surface area contributed by atoms with Crippen molar-refractivity contribution in [1.82, 2.24) is 34.1 Å². The van der Waals surface area contributed by atoms with E-state index in [0.717, 1.165) is 29.3 Å². The Bertz CT molecular complexity index is 1690. The molecule has 4 heterocycles. The van der Waals surface area contributed by atoms with Crippen molar-refractivity contribution in [2.24, 2.45) is 7.05 Å². The molecule has 9 nitrogen and oxygen atoms in total. The molecule has 0 radical (unpaired) electrons. The normalized spacial score (nSPS) is 13.7. The van der Waals surface area contributed by atoms with Gasteiger partial charge in [-0.2, -0.15) is 13.2 Å². The number of hydrogen-bond donors (Lipinski definition) is 1. The van der Waals surface area contributed by atoms with Crippen LogP contribution >= 0.6 is 0 Å². The third kappa shape index (κ3) is 4.64. The van der Waals surface area contributed by atoms with Crippen molar-refractivity contribution in [3.8, 4) is 28.7 Å². The summed E-state index contributed by atoms with van der Waals surface area (Å²) < 4.78 is 62.5. The first kappa shape index (κ1) is 24.8. The highest BCUT2D eigenvalue weighted by Gasteiger charge is 2.35. The van der Waals surface area contributed by atoms with Crippen LogP contribution in [0.25, 0.3) is 28.3 Å². The number of nitrogens with one attached hydrogen (secondary N) is 1. The Kier molecular flexibility index (Phi) is 5.92. The van der Waals surface area contributed by atoms with E-state index < -0.39 is 17.7 Å². The molecule has 1 fully saturated rings. The number of hydrogen-bond acceptors (Lipinski definition) is 7. The van der Waals surface area contributed by atoms with Crippen LogP contribution < -0.4 is 10.1 Å². The number of alkyl halides is 3. The Morgan fingerprint density at radius 3 is 2.64 bits per heavy atom. The van der Waals surface area contributed by atoms with Crippen LogP contribution in [-0.2, 0) is 19.8 Å². The molecule has 4 aromatic heterocycles. The number of imidazole rings is 1. The molecule has 0 saturated heterocycles. The molecule has 1 aliphatic rings. The Morgan fingerprint density at radius 1 is 1.13 bits per heavy atom. The highest BCUT2D eigenvalue weighted by molar-refractivity contribution is 5.73. The van der Waals surface area contributed by atoms with Gasteiger partial charge in [-0.1, -0.05) is 6.07 Å². The van der Waals surface area contributed by atoms with E-state index in [2.05, 4.69) is 25.4 Å². The SMILES string of the molecule is COc1ncnc(C2CC2)c1-c1nc(NCc2ccc(-c3nc(C(F)(F)F)cn3C)c(F)c2)c2cccn2n1. The number of halogens is 4. The van der Waals surface area contributed by atoms with E-state index in [1.54, 1.807) is 16.8 Å². The summed E-state index contributed by atoms with van der Waals surface area (Å²) in [4.78, 5) is 17.0. The molecule has 1 saturated carbocycles. The molecular weight excluding hydrogens is 516 g/mol. The van der Waals surface area contributed by atoms with Gasteiger partial charge in [-0.15, -0.1) is 5.10 Å². The molecule has 1 aliphatic carbocycles. The standard InChI is InChI=1S/C26H22F4N8O/c1-37-12-19(26(28,29)30)34-24(37)16-8-5-14(10-17(16)27)11-31-22-18-4-3-9-38(18)36-23(35-22)20-21(15-6-7-15)32-13-33-25(20)39-2/h3-5,8-10,12-13,15H,6-7,11H2,1-2H3,(H,31,35,36). The summed E-state index contributed by atoms with van der Waals surface area (Å²) in [5.41, 5.74) is 1.62. The van der Waals surface area contributed by atoms with Crippen LogP contribution in [0.1, 0.15) is 35.7 Å². The van der Waals surface area contributed by atoms with Crippen molar-refractivity contribution in [2.45, 2.75) is 31.5 Å². The number of benzene rings is 1. The molecule has 200 valence electrons. The number of rotatable bonds is 7. The second kappa shape index (κ2) is 9.33. The molecule has 39 heavy (non-hydrogen) atoms. The molecule has 0 spiro atoms. The Hall–Kier alpha value is -4.55. The van der Waals surface area contributed by atoms with Crippen LogP contribution in [0.15, 0.2) is 49.1 Å². The second-order valence-electron chi connectivity index (χ2n) is 9.27. The molecule has 0 bridgehead atoms. The summed E-state index contributed by atoms with van der Waals surface area (Å²) >= 11 is 0. The van der Waals surface area contributed by atoms with E-state index in [1.165, 1.54) is 32.6 Å².